The lowest BCUT2D eigenvalue weighted by molar-refractivity contribution is 0.241. The van der Waals surface area contributed by atoms with Gasteiger partial charge in [-0.05, 0) is 44.9 Å². The van der Waals surface area contributed by atoms with Gasteiger partial charge < -0.3 is 5.73 Å². The monoisotopic (exact) mass is 209 g/mol. The van der Waals surface area contributed by atoms with Crippen LogP contribution in [0.4, 0.5) is 0 Å². The quantitative estimate of drug-likeness (QED) is 0.648. The molecule has 15 heavy (non-hydrogen) atoms. The van der Waals surface area contributed by atoms with E-state index >= 15 is 0 Å². The average Bonchev–Trinajstić information content (AvgIpc) is 2.27. The molecular weight excluding hydrogens is 182 g/mol. The van der Waals surface area contributed by atoms with Gasteiger partial charge in [0.1, 0.15) is 0 Å². The Labute approximate surface area is 95.1 Å². The molecule has 0 fully saturated rings. The van der Waals surface area contributed by atoms with Gasteiger partial charge in [-0.15, -0.1) is 0 Å². The summed E-state index contributed by atoms with van der Waals surface area (Å²) < 4.78 is 0. The van der Waals surface area contributed by atoms with Gasteiger partial charge in [0.25, 0.3) is 0 Å². The molecule has 1 rings (SSSR count). The van der Waals surface area contributed by atoms with Crippen LogP contribution in [0.15, 0.2) is 11.1 Å². The van der Waals surface area contributed by atoms with Crippen molar-refractivity contribution in [2.45, 2.75) is 72.3 Å². The lowest BCUT2D eigenvalue weighted by Crippen LogP contribution is -2.50. The fourth-order valence-electron chi connectivity index (χ4n) is 2.39. The Morgan fingerprint density at radius 3 is 2.00 bits per heavy atom. The fraction of sp³-hybridized carbons (Fsp3) is 0.857. The first-order chi connectivity index (χ1) is 6.77. The van der Waals surface area contributed by atoms with Gasteiger partial charge in [-0.3, -0.25) is 0 Å². The van der Waals surface area contributed by atoms with Gasteiger partial charge in [0.2, 0.25) is 0 Å². The van der Waals surface area contributed by atoms with Crippen LogP contribution < -0.4 is 5.73 Å². The summed E-state index contributed by atoms with van der Waals surface area (Å²) in [7, 11) is 0. The van der Waals surface area contributed by atoms with Gasteiger partial charge in [0, 0.05) is 5.54 Å². The highest BCUT2D eigenvalue weighted by Crippen LogP contribution is 2.39. The third-order valence-electron chi connectivity index (χ3n) is 4.18. The molecule has 0 aromatic carbocycles. The van der Waals surface area contributed by atoms with Crippen molar-refractivity contribution in [3.8, 4) is 0 Å². The molecule has 1 heteroatoms. The smallest absolute Gasteiger partial charge is 0.0391 e. The van der Waals surface area contributed by atoms with Crippen molar-refractivity contribution in [1.29, 1.82) is 0 Å². The van der Waals surface area contributed by atoms with Crippen molar-refractivity contribution in [3.05, 3.63) is 11.1 Å². The Bertz CT molecular complexity index is 253. The summed E-state index contributed by atoms with van der Waals surface area (Å²) in [6, 6.07) is 0. The van der Waals surface area contributed by atoms with Gasteiger partial charge in [-0.2, -0.15) is 0 Å². The molecule has 0 bridgehead atoms. The molecule has 0 amide bonds. The summed E-state index contributed by atoms with van der Waals surface area (Å²) in [5.74, 6) is 0. The maximum Gasteiger partial charge on any atom is 0.0391 e. The Kier molecular flexibility index (Phi) is 3.65. The fourth-order valence-corrected chi connectivity index (χ4v) is 2.39. The van der Waals surface area contributed by atoms with Gasteiger partial charge in [0.05, 0.1) is 0 Å². The number of hydrogen-bond acceptors (Lipinski definition) is 1. The van der Waals surface area contributed by atoms with E-state index in [4.69, 9.17) is 5.73 Å². The van der Waals surface area contributed by atoms with Crippen molar-refractivity contribution in [2.24, 2.45) is 11.1 Å². The first-order valence-electron chi connectivity index (χ1n) is 6.25. The molecular formula is C14H27N. The molecule has 1 atom stereocenters. The molecule has 0 saturated carbocycles. The highest BCUT2D eigenvalue weighted by atomic mass is 14.8. The van der Waals surface area contributed by atoms with E-state index in [1.54, 1.807) is 5.57 Å². The Balaban J connectivity index is 3.03. The second-order valence-electron chi connectivity index (χ2n) is 6.27. The summed E-state index contributed by atoms with van der Waals surface area (Å²) in [6.45, 7) is 11.2. The largest absolute Gasteiger partial charge is 0.321 e. The molecule has 0 saturated heterocycles. The Hall–Kier alpha value is -0.300. The minimum absolute atomic E-state index is 0.147. The number of rotatable bonds is 1. The summed E-state index contributed by atoms with van der Waals surface area (Å²) >= 11 is 0. The van der Waals surface area contributed by atoms with Gasteiger partial charge in [-0.25, -0.2) is 0 Å². The van der Waals surface area contributed by atoms with Gasteiger partial charge in [0.15, 0.2) is 0 Å². The zero-order valence-electron chi connectivity index (χ0n) is 11.1. The van der Waals surface area contributed by atoms with Crippen molar-refractivity contribution in [2.75, 3.05) is 0 Å². The molecule has 1 nitrogen and oxygen atoms in total. The Morgan fingerprint density at radius 1 is 0.933 bits per heavy atom. The molecule has 0 aromatic heterocycles. The van der Waals surface area contributed by atoms with Crippen molar-refractivity contribution in [1.82, 2.24) is 0 Å². The van der Waals surface area contributed by atoms with Crippen LogP contribution in [-0.2, 0) is 0 Å². The van der Waals surface area contributed by atoms with E-state index in [2.05, 4.69) is 34.6 Å². The second-order valence-corrected chi connectivity index (χ2v) is 6.27. The summed E-state index contributed by atoms with van der Waals surface area (Å²) in [5, 5.41) is 0. The highest BCUT2D eigenvalue weighted by molar-refractivity contribution is 5.27. The zero-order valence-corrected chi connectivity index (χ0v) is 11.1. The van der Waals surface area contributed by atoms with Crippen LogP contribution in [0.3, 0.4) is 0 Å². The molecule has 88 valence electrons. The van der Waals surface area contributed by atoms with Crippen LogP contribution in [0.5, 0.6) is 0 Å². The summed E-state index contributed by atoms with van der Waals surface area (Å²) in [4.78, 5) is 0. The van der Waals surface area contributed by atoms with E-state index in [1.807, 2.05) is 0 Å². The molecule has 1 aliphatic carbocycles. The van der Waals surface area contributed by atoms with Crippen LogP contribution in [0.2, 0.25) is 0 Å². The number of allylic oxidation sites excluding steroid dienone is 1. The van der Waals surface area contributed by atoms with Gasteiger partial charge in [-0.1, -0.05) is 38.3 Å². The predicted molar refractivity (Wildman–Crippen MR) is 67.8 cm³/mol. The SMILES string of the molecule is CC1=C([C@](C)(N)C(C)(C)C)CCCCC1. The van der Waals surface area contributed by atoms with Gasteiger partial charge >= 0.3 is 0 Å². The zero-order chi connectivity index (χ0) is 11.7. The maximum atomic E-state index is 6.57. The van der Waals surface area contributed by atoms with Crippen molar-refractivity contribution in [3.63, 3.8) is 0 Å². The van der Waals surface area contributed by atoms with E-state index in [0.29, 0.717) is 0 Å². The number of hydrogen-bond donors (Lipinski definition) is 1. The molecule has 0 unspecified atom stereocenters. The van der Waals surface area contributed by atoms with Crippen LogP contribution in [0.1, 0.15) is 66.7 Å². The van der Waals surface area contributed by atoms with Crippen molar-refractivity contribution >= 4 is 0 Å². The molecule has 0 heterocycles. The van der Waals surface area contributed by atoms with E-state index in [1.165, 1.54) is 37.7 Å². The first-order valence-corrected chi connectivity index (χ1v) is 6.25. The number of nitrogens with two attached hydrogens (primary N) is 1. The third kappa shape index (κ3) is 2.63. The summed E-state index contributed by atoms with van der Waals surface area (Å²) in [6.07, 6.45) is 6.47. The standard InChI is InChI=1S/C14H27N/c1-11-9-7-6-8-10-12(11)14(5,15)13(2,3)4/h6-10,15H2,1-5H3/t14-/m0/s1. The molecule has 0 aliphatic heterocycles. The lowest BCUT2D eigenvalue weighted by Gasteiger charge is -2.41. The van der Waals surface area contributed by atoms with Crippen LogP contribution >= 0.6 is 0 Å². The normalized spacial score (nSPS) is 23.6. The van der Waals surface area contributed by atoms with E-state index < -0.39 is 0 Å². The van der Waals surface area contributed by atoms with E-state index in [9.17, 15) is 0 Å². The highest BCUT2D eigenvalue weighted by Gasteiger charge is 2.37. The van der Waals surface area contributed by atoms with Crippen LogP contribution in [0.25, 0.3) is 0 Å². The van der Waals surface area contributed by atoms with Crippen molar-refractivity contribution < 1.29 is 0 Å². The minimum atomic E-state index is -0.151. The molecule has 1 aliphatic rings. The molecule has 0 radical (unpaired) electrons. The molecule has 2 N–H and O–H groups in total. The van der Waals surface area contributed by atoms with Crippen LogP contribution in [0, 0.1) is 5.41 Å². The summed E-state index contributed by atoms with van der Waals surface area (Å²) in [5.41, 5.74) is 9.64. The molecule has 0 aromatic rings. The molecule has 0 spiro atoms. The minimum Gasteiger partial charge on any atom is -0.321 e. The lowest BCUT2D eigenvalue weighted by atomic mass is 9.69. The second kappa shape index (κ2) is 4.29. The van der Waals surface area contributed by atoms with Crippen LogP contribution in [-0.4, -0.2) is 5.54 Å². The first kappa shape index (κ1) is 12.8. The third-order valence-corrected chi connectivity index (χ3v) is 4.18. The topological polar surface area (TPSA) is 26.0 Å². The van der Waals surface area contributed by atoms with E-state index in [0.717, 1.165) is 0 Å². The predicted octanol–water partition coefficient (Wildman–Crippen LogP) is 4.03. The van der Waals surface area contributed by atoms with E-state index in [-0.39, 0.29) is 11.0 Å². The average molecular weight is 209 g/mol. The maximum absolute atomic E-state index is 6.57. The Morgan fingerprint density at radius 2 is 1.47 bits per heavy atom.